The summed E-state index contributed by atoms with van der Waals surface area (Å²) in [5, 5.41) is 0. The van der Waals surface area contributed by atoms with Gasteiger partial charge in [0.25, 0.3) is 0 Å². The molecule has 29 heavy (non-hydrogen) atoms. The Hall–Kier alpha value is -2.05. The molecule has 0 bridgehead atoms. The average Bonchev–Trinajstić information content (AvgIpc) is 3.20. The van der Waals surface area contributed by atoms with Crippen molar-refractivity contribution in [2.24, 2.45) is 0 Å². The van der Waals surface area contributed by atoms with Crippen LogP contribution in [0.25, 0.3) is 0 Å². The average molecular weight is 459 g/mol. The maximum absolute atomic E-state index is 13.1. The Morgan fingerprint density at radius 3 is 2.59 bits per heavy atom. The molecule has 2 aromatic rings. The third kappa shape index (κ3) is 4.28. The molecule has 0 N–H and O–H groups in total. The number of fused-ring (bicyclic) bond motifs is 1. The van der Waals surface area contributed by atoms with E-state index < -0.39 is 0 Å². The molecule has 6 heteroatoms. The van der Waals surface area contributed by atoms with E-state index in [1.54, 1.807) is 14.2 Å². The van der Waals surface area contributed by atoms with Crippen LogP contribution in [0.3, 0.4) is 0 Å². The van der Waals surface area contributed by atoms with Crippen LogP contribution in [0.2, 0.25) is 0 Å². The molecule has 154 valence electrons. The van der Waals surface area contributed by atoms with Gasteiger partial charge in [0.1, 0.15) is 0 Å². The van der Waals surface area contributed by atoms with Gasteiger partial charge in [0.2, 0.25) is 5.91 Å². The van der Waals surface area contributed by atoms with Gasteiger partial charge in [-0.25, -0.2) is 0 Å². The van der Waals surface area contributed by atoms with Crippen LogP contribution in [0.4, 0.5) is 0 Å². The summed E-state index contributed by atoms with van der Waals surface area (Å²) >= 11 is 3.57. The van der Waals surface area contributed by atoms with Gasteiger partial charge in [-0.1, -0.05) is 28.1 Å². The molecule has 0 aliphatic carbocycles. The smallest absolute Gasteiger partial charge is 0.237 e. The Bertz CT molecular complexity index is 902. The minimum atomic E-state index is 0.201. The van der Waals surface area contributed by atoms with Crippen LogP contribution < -0.4 is 9.47 Å². The number of likely N-dealkylation sites (tertiary alicyclic amines) is 1. The van der Waals surface area contributed by atoms with Gasteiger partial charge < -0.3 is 14.4 Å². The first-order valence-corrected chi connectivity index (χ1v) is 10.9. The lowest BCUT2D eigenvalue weighted by molar-refractivity contribution is -0.133. The van der Waals surface area contributed by atoms with Crippen molar-refractivity contribution in [3.8, 4) is 11.5 Å². The first kappa shape index (κ1) is 20.2. The monoisotopic (exact) mass is 458 g/mol. The van der Waals surface area contributed by atoms with Crippen LogP contribution >= 0.6 is 15.9 Å². The zero-order valence-electron chi connectivity index (χ0n) is 17.0. The molecule has 2 heterocycles. The maximum Gasteiger partial charge on any atom is 0.237 e. The lowest BCUT2D eigenvalue weighted by Gasteiger charge is -2.32. The third-order valence-electron chi connectivity index (χ3n) is 6.01. The number of benzene rings is 2. The van der Waals surface area contributed by atoms with Crippen LogP contribution in [0.5, 0.6) is 11.5 Å². The number of amides is 1. The summed E-state index contributed by atoms with van der Waals surface area (Å²) in [7, 11) is 3.30. The summed E-state index contributed by atoms with van der Waals surface area (Å²) in [6.45, 7) is 2.82. The molecular weight excluding hydrogens is 432 g/mol. The number of carbonyl (C=O) groups excluding carboxylic acids is 1. The molecule has 1 saturated heterocycles. The summed E-state index contributed by atoms with van der Waals surface area (Å²) < 4.78 is 11.9. The number of carbonyl (C=O) groups is 1. The fourth-order valence-corrected chi connectivity index (χ4v) is 4.89. The van der Waals surface area contributed by atoms with E-state index in [2.05, 4.69) is 39.0 Å². The number of methoxy groups -OCH3 is 2. The molecule has 2 aliphatic rings. The highest BCUT2D eigenvalue weighted by atomic mass is 79.9. The summed E-state index contributed by atoms with van der Waals surface area (Å²) in [5.41, 5.74) is 3.66. The minimum absolute atomic E-state index is 0.201. The van der Waals surface area contributed by atoms with E-state index >= 15 is 0 Å². The van der Waals surface area contributed by atoms with Gasteiger partial charge in [-0.15, -0.1) is 0 Å². The first-order valence-electron chi connectivity index (χ1n) is 10.1. The van der Waals surface area contributed by atoms with Gasteiger partial charge in [0, 0.05) is 23.6 Å². The predicted octanol–water partition coefficient (Wildman–Crippen LogP) is 4.19. The highest BCUT2D eigenvalue weighted by Crippen LogP contribution is 2.35. The van der Waals surface area contributed by atoms with Crippen molar-refractivity contribution in [3.63, 3.8) is 0 Å². The van der Waals surface area contributed by atoms with Crippen LogP contribution in [0, 0.1) is 0 Å². The molecule has 0 saturated carbocycles. The number of rotatable bonds is 5. The molecule has 2 aromatic carbocycles. The van der Waals surface area contributed by atoms with Crippen LogP contribution in [0.1, 0.15) is 35.6 Å². The number of ether oxygens (including phenoxy) is 2. The van der Waals surface area contributed by atoms with E-state index in [-0.39, 0.29) is 5.91 Å². The van der Waals surface area contributed by atoms with E-state index in [1.165, 1.54) is 11.1 Å². The minimum Gasteiger partial charge on any atom is -0.493 e. The maximum atomic E-state index is 13.1. The first-order chi connectivity index (χ1) is 14.1. The quantitative estimate of drug-likeness (QED) is 0.673. The number of hydrogen-bond acceptors (Lipinski definition) is 4. The fraction of sp³-hybridized carbons (Fsp3) is 0.435. The second-order valence-electron chi connectivity index (χ2n) is 7.72. The topological polar surface area (TPSA) is 42.0 Å². The van der Waals surface area contributed by atoms with Gasteiger partial charge in [-0.3, -0.25) is 9.69 Å². The van der Waals surface area contributed by atoms with Crippen LogP contribution in [-0.2, 0) is 17.8 Å². The summed E-state index contributed by atoms with van der Waals surface area (Å²) in [4.78, 5) is 17.4. The molecular formula is C23H27BrN2O3. The fourth-order valence-electron chi connectivity index (χ4n) is 4.48. The number of hydrogen-bond donors (Lipinski definition) is 0. The molecule has 1 fully saturated rings. The highest BCUT2D eigenvalue weighted by molar-refractivity contribution is 9.10. The molecule has 1 unspecified atom stereocenters. The standard InChI is InChI=1S/C23H27BrN2O3/c1-28-21-12-16-8-10-26(14-18(16)13-22(21)29-2)23(27)15-25-9-4-7-20(25)17-5-3-6-19(24)11-17/h3,5-6,11-13,20H,4,7-10,14-15H2,1-2H3. The van der Waals surface area contributed by atoms with Crippen molar-refractivity contribution in [2.75, 3.05) is 33.9 Å². The Morgan fingerprint density at radius 2 is 1.86 bits per heavy atom. The molecule has 1 amide bonds. The van der Waals surface area contributed by atoms with Crippen LogP contribution in [0.15, 0.2) is 40.9 Å². The van der Waals surface area contributed by atoms with Crippen LogP contribution in [-0.4, -0.2) is 49.6 Å². The Kier molecular flexibility index (Phi) is 6.11. The second-order valence-corrected chi connectivity index (χ2v) is 8.64. The second kappa shape index (κ2) is 8.76. The van der Waals surface area contributed by atoms with E-state index in [4.69, 9.17) is 9.47 Å². The summed E-state index contributed by atoms with van der Waals surface area (Å²) in [6.07, 6.45) is 3.07. The summed E-state index contributed by atoms with van der Waals surface area (Å²) in [6, 6.07) is 12.8. The van der Waals surface area contributed by atoms with Crippen molar-refractivity contribution in [1.82, 2.24) is 9.80 Å². The molecule has 0 spiro atoms. The largest absolute Gasteiger partial charge is 0.493 e. The normalized spacial score (nSPS) is 19.1. The van der Waals surface area contributed by atoms with Crippen molar-refractivity contribution < 1.29 is 14.3 Å². The summed E-state index contributed by atoms with van der Waals surface area (Å²) in [5.74, 6) is 1.67. The third-order valence-corrected chi connectivity index (χ3v) is 6.50. The van der Waals surface area contributed by atoms with Crippen molar-refractivity contribution in [1.29, 1.82) is 0 Å². The molecule has 0 radical (unpaired) electrons. The molecule has 0 aromatic heterocycles. The molecule has 1 atom stereocenters. The molecule has 5 nitrogen and oxygen atoms in total. The zero-order valence-corrected chi connectivity index (χ0v) is 18.6. The van der Waals surface area contributed by atoms with E-state index in [0.717, 1.165) is 53.9 Å². The lowest BCUT2D eigenvalue weighted by Crippen LogP contribution is -2.42. The molecule has 4 rings (SSSR count). The van der Waals surface area contributed by atoms with E-state index in [1.807, 2.05) is 23.1 Å². The zero-order chi connectivity index (χ0) is 20.4. The van der Waals surface area contributed by atoms with Crippen molar-refractivity contribution in [2.45, 2.75) is 31.8 Å². The van der Waals surface area contributed by atoms with Crippen molar-refractivity contribution >= 4 is 21.8 Å². The van der Waals surface area contributed by atoms with E-state index in [0.29, 0.717) is 19.1 Å². The molecule has 2 aliphatic heterocycles. The van der Waals surface area contributed by atoms with Gasteiger partial charge in [0.05, 0.1) is 20.8 Å². The number of nitrogens with zero attached hydrogens (tertiary/aromatic N) is 2. The van der Waals surface area contributed by atoms with Gasteiger partial charge in [0.15, 0.2) is 11.5 Å². The van der Waals surface area contributed by atoms with E-state index in [9.17, 15) is 4.79 Å². The van der Waals surface area contributed by atoms with Crippen molar-refractivity contribution in [3.05, 3.63) is 57.6 Å². The lowest BCUT2D eigenvalue weighted by atomic mass is 9.98. The number of halogens is 1. The van der Waals surface area contributed by atoms with Gasteiger partial charge in [-0.05, 0) is 66.8 Å². The van der Waals surface area contributed by atoms with Gasteiger partial charge >= 0.3 is 0 Å². The Morgan fingerprint density at radius 1 is 1.10 bits per heavy atom. The SMILES string of the molecule is COc1cc2c(cc1OC)CN(C(=O)CN1CCCC1c1cccc(Br)c1)CC2. The Labute approximate surface area is 180 Å². The van der Waals surface area contributed by atoms with Gasteiger partial charge in [-0.2, -0.15) is 0 Å². The predicted molar refractivity (Wildman–Crippen MR) is 116 cm³/mol. The highest BCUT2D eigenvalue weighted by Gasteiger charge is 2.30. The Balaban J connectivity index is 1.45.